The van der Waals surface area contributed by atoms with E-state index in [-0.39, 0.29) is 5.91 Å². The minimum Gasteiger partial charge on any atom is -0.381 e. The molecule has 1 aromatic carbocycles. The zero-order valence-electron chi connectivity index (χ0n) is 16.9. The van der Waals surface area contributed by atoms with Crippen LogP contribution in [0.1, 0.15) is 24.2 Å². The van der Waals surface area contributed by atoms with Gasteiger partial charge in [0.1, 0.15) is 17.5 Å². The molecule has 3 rings (SSSR count). The number of anilines is 2. The first-order valence-corrected chi connectivity index (χ1v) is 9.70. The summed E-state index contributed by atoms with van der Waals surface area (Å²) in [7, 11) is 3.89. The quantitative estimate of drug-likeness (QED) is 0.713. The van der Waals surface area contributed by atoms with Crippen LogP contribution < -0.4 is 15.5 Å². The average Bonchev–Trinajstić information content (AvgIpc) is 2.71. The Hall–Kier alpha value is -2.67. The third-order valence-electron chi connectivity index (χ3n) is 5.11. The minimum atomic E-state index is -0.511. The van der Waals surface area contributed by atoms with Gasteiger partial charge in [-0.05, 0) is 25.3 Å². The maximum Gasteiger partial charge on any atom is 0.230 e. The van der Waals surface area contributed by atoms with E-state index in [0.29, 0.717) is 45.0 Å². The second-order valence-corrected chi connectivity index (χ2v) is 7.30. The highest BCUT2D eigenvalue weighted by Gasteiger charge is 2.41. The molecule has 0 radical (unpaired) electrons. The summed E-state index contributed by atoms with van der Waals surface area (Å²) in [5.41, 5.74) is 0.550. The van der Waals surface area contributed by atoms with Gasteiger partial charge < -0.3 is 20.3 Å². The van der Waals surface area contributed by atoms with Gasteiger partial charge >= 0.3 is 0 Å². The lowest BCUT2D eigenvalue weighted by Crippen LogP contribution is -2.49. The normalized spacial score (nSPS) is 15.7. The number of rotatable bonds is 7. The second kappa shape index (κ2) is 9.01. The smallest absolute Gasteiger partial charge is 0.230 e. The summed E-state index contributed by atoms with van der Waals surface area (Å²) in [6.45, 7) is 4.20. The Morgan fingerprint density at radius 2 is 1.86 bits per heavy atom. The Balaban J connectivity index is 1.60. The van der Waals surface area contributed by atoms with Crippen molar-refractivity contribution in [3.63, 3.8) is 0 Å². The van der Waals surface area contributed by atoms with Crippen LogP contribution in [-0.2, 0) is 14.9 Å². The number of amides is 1. The van der Waals surface area contributed by atoms with E-state index >= 15 is 0 Å². The Morgan fingerprint density at radius 3 is 2.54 bits per heavy atom. The lowest BCUT2D eigenvalue weighted by atomic mass is 9.73. The number of nitrogens with one attached hydrogen (secondary N) is 2. The van der Waals surface area contributed by atoms with Crippen molar-refractivity contribution in [1.82, 2.24) is 15.3 Å². The molecule has 0 saturated carbocycles. The van der Waals surface area contributed by atoms with Gasteiger partial charge in [0.15, 0.2) is 0 Å². The number of carbonyl (C=O) groups excluding carboxylic acids is 1. The van der Waals surface area contributed by atoms with Gasteiger partial charge in [-0.1, -0.05) is 30.3 Å². The SMILES string of the molecule is Cc1nc(NCCNC(=O)C2(c3ccccc3)CCOCC2)cc(N(C)C)n1. The minimum absolute atomic E-state index is 0.0663. The van der Waals surface area contributed by atoms with Crippen LogP contribution in [-0.4, -0.2) is 56.3 Å². The van der Waals surface area contributed by atoms with E-state index in [1.165, 1.54) is 0 Å². The van der Waals surface area contributed by atoms with Gasteiger partial charge in [0.25, 0.3) is 0 Å². The lowest BCUT2D eigenvalue weighted by molar-refractivity contribution is -0.130. The third-order valence-corrected chi connectivity index (χ3v) is 5.11. The molecule has 1 fully saturated rings. The predicted molar refractivity (Wildman–Crippen MR) is 111 cm³/mol. The Morgan fingerprint density at radius 1 is 1.14 bits per heavy atom. The Kier molecular flexibility index (Phi) is 6.46. The van der Waals surface area contributed by atoms with Crippen LogP contribution in [0.25, 0.3) is 0 Å². The molecule has 1 amide bonds. The first kappa shape index (κ1) is 20.1. The number of nitrogens with zero attached hydrogens (tertiary/aromatic N) is 3. The first-order valence-electron chi connectivity index (χ1n) is 9.70. The molecule has 2 aromatic rings. The molecule has 7 heteroatoms. The molecule has 1 aliphatic rings. The number of hydrogen-bond donors (Lipinski definition) is 2. The van der Waals surface area contributed by atoms with Crippen LogP contribution >= 0.6 is 0 Å². The second-order valence-electron chi connectivity index (χ2n) is 7.30. The molecule has 1 saturated heterocycles. The van der Waals surface area contributed by atoms with E-state index in [0.717, 1.165) is 17.2 Å². The van der Waals surface area contributed by atoms with E-state index < -0.39 is 5.41 Å². The van der Waals surface area contributed by atoms with E-state index in [4.69, 9.17) is 4.74 Å². The molecule has 28 heavy (non-hydrogen) atoms. The summed E-state index contributed by atoms with van der Waals surface area (Å²) in [5.74, 6) is 2.39. The fourth-order valence-electron chi connectivity index (χ4n) is 3.53. The Bertz CT molecular complexity index is 789. The van der Waals surface area contributed by atoms with Gasteiger partial charge in [0, 0.05) is 46.5 Å². The van der Waals surface area contributed by atoms with Gasteiger partial charge in [-0.2, -0.15) is 0 Å². The summed E-state index contributed by atoms with van der Waals surface area (Å²) in [6.07, 6.45) is 1.40. The number of ether oxygens (including phenoxy) is 1. The summed E-state index contributed by atoms with van der Waals surface area (Å²) < 4.78 is 5.51. The van der Waals surface area contributed by atoms with Gasteiger partial charge in [0.05, 0.1) is 5.41 Å². The van der Waals surface area contributed by atoms with Crippen LogP contribution in [0.2, 0.25) is 0 Å². The molecular formula is C21H29N5O2. The molecule has 0 spiro atoms. The van der Waals surface area contributed by atoms with Crippen LogP contribution in [0, 0.1) is 6.92 Å². The number of hydrogen-bond acceptors (Lipinski definition) is 6. The fourth-order valence-corrected chi connectivity index (χ4v) is 3.53. The van der Waals surface area contributed by atoms with E-state index in [1.807, 2.05) is 62.3 Å². The highest BCUT2D eigenvalue weighted by atomic mass is 16.5. The molecule has 0 unspecified atom stereocenters. The van der Waals surface area contributed by atoms with E-state index in [2.05, 4.69) is 20.6 Å². The van der Waals surface area contributed by atoms with Crippen molar-refractivity contribution in [2.45, 2.75) is 25.2 Å². The maximum absolute atomic E-state index is 13.1. The summed E-state index contributed by atoms with van der Waals surface area (Å²) >= 11 is 0. The van der Waals surface area contributed by atoms with Crippen LogP contribution in [0.5, 0.6) is 0 Å². The van der Waals surface area contributed by atoms with Crippen molar-refractivity contribution in [2.24, 2.45) is 0 Å². The fraction of sp³-hybridized carbons (Fsp3) is 0.476. The highest BCUT2D eigenvalue weighted by Crippen LogP contribution is 2.35. The Labute approximate surface area is 166 Å². The molecule has 1 aromatic heterocycles. The first-order chi connectivity index (χ1) is 13.5. The topological polar surface area (TPSA) is 79.4 Å². The van der Waals surface area contributed by atoms with Gasteiger partial charge in [-0.15, -0.1) is 0 Å². The number of aromatic nitrogens is 2. The lowest BCUT2D eigenvalue weighted by Gasteiger charge is -2.36. The monoisotopic (exact) mass is 383 g/mol. The zero-order chi connectivity index (χ0) is 20.0. The molecule has 1 aliphatic heterocycles. The van der Waals surface area contributed by atoms with Crippen LogP contribution in [0.4, 0.5) is 11.6 Å². The molecule has 0 aliphatic carbocycles. The van der Waals surface area contributed by atoms with E-state index in [1.54, 1.807) is 0 Å². The van der Waals surface area contributed by atoms with E-state index in [9.17, 15) is 4.79 Å². The van der Waals surface area contributed by atoms with Crippen LogP contribution in [0.3, 0.4) is 0 Å². The number of aryl methyl sites for hydroxylation is 1. The molecule has 2 heterocycles. The van der Waals surface area contributed by atoms with Crippen molar-refractivity contribution >= 4 is 17.5 Å². The molecular weight excluding hydrogens is 354 g/mol. The van der Waals surface area contributed by atoms with Crippen LogP contribution in [0.15, 0.2) is 36.4 Å². The molecule has 2 N–H and O–H groups in total. The zero-order valence-corrected chi connectivity index (χ0v) is 16.9. The number of carbonyl (C=O) groups is 1. The summed E-state index contributed by atoms with van der Waals surface area (Å²) in [6, 6.07) is 11.9. The van der Waals surface area contributed by atoms with Crippen molar-refractivity contribution in [3.8, 4) is 0 Å². The molecule has 150 valence electrons. The average molecular weight is 383 g/mol. The largest absolute Gasteiger partial charge is 0.381 e. The van der Waals surface area contributed by atoms with Crippen molar-refractivity contribution in [3.05, 3.63) is 47.8 Å². The third kappa shape index (κ3) is 4.59. The maximum atomic E-state index is 13.1. The molecule has 0 bridgehead atoms. The van der Waals surface area contributed by atoms with Gasteiger partial charge in [0.2, 0.25) is 5.91 Å². The van der Waals surface area contributed by atoms with Crippen molar-refractivity contribution in [1.29, 1.82) is 0 Å². The molecule has 7 nitrogen and oxygen atoms in total. The van der Waals surface area contributed by atoms with Gasteiger partial charge in [-0.25, -0.2) is 9.97 Å². The standard InChI is InChI=1S/C21H29N5O2/c1-16-24-18(15-19(25-16)26(2)3)22-11-12-23-20(27)21(9-13-28-14-10-21)17-7-5-4-6-8-17/h4-8,15H,9-14H2,1-3H3,(H,23,27)(H,22,24,25). The van der Waals surface area contributed by atoms with Crippen molar-refractivity contribution < 1.29 is 9.53 Å². The predicted octanol–water partition coefficient (Wildman–Crippen LogP) is 2.13. The molecule has 0 atom stereocenters. The summed E-state index contributed by atoms with van der Waals surface area (Å²) in [4.78, 5) is 23.8. The van der Waals surface area contributed by atoms with Gasteiger partial charge in [-0.3, -0.25) is 4.79 Å². The van der Waals surface area contributed by atoms with Crippen molar-refractivity contribution in [2.75, 3.05) is 50.6 Å². The highest BCUT2D eigenvalue weighted by molar-refractivity contribution is 5.88. The summed E-state index contributed by atoms with van der Waals surface area (Å²) in [5, 5.41) is 6.38. The number of benzene rings is 1.